The molecule has 0 aliphatic carbocycles. The Labute approximate surface area is 208 Å². The van der Waals surface area contributed by atoms with Crippen LogP contribution in [0.1, 0.15) is 51.2 Å². The third kappa shape index (κ3) is 7.37. The van der Waals surface area contributed by atoms with Gasteiger partial charge >= 0.3 is 0 Å². The van der Waals surface area contributed by atoms with Crippen LogP contribution in [0.4, 0.5) is 20.2 Å². The summed E-state index contributed by atoms with van der Waals surface area (Å²) in [4.78, 5) is 6.98. The molecule has 0 bridgehead atoms. The maximum absolute atomic E-state index is 13.7. The maximum Gasteiger partial charge on any atom is 0.173 e. The summed E-state index contributed by atoms with van der Waals surface area (Å²) in [5.41, 5.74) is 4.28. The summed E-state index contributed by atoms with van der Waals surface area (Å²) >= 11 is 5.70. The predicted octanol–water partition coefficient (Wildman–Crippen LogP) is 6.06. The van der Waals surface area contributed by atoms with E-state index in [1.54, 1.807) is 0 Å². The summed E-state index contributed by atoms with van der Waals surface area (Å²) in [6, 6.07) is 10.1. The highest BCUT2D eigenvalue weighted by molar-refractivity contribution is 7.80. The molecule has 0 spiro atoms. The second kappa shape index (κ2) is 13.0. The Morgan fingerprint density at radius 1 is 1.03 bits per heavy atom. The molecule has 1 N–H and O–H groups in total. The summed E-state index contributed by atoms with van der Waals surface area (Å²) in [6.45, 7) is 13.2. The van der Waals surface area contributed by atoms with E-state index in [0.717, 1.165) is 64.6 Å². The van der Waals surface area contributed by atoms with Crippen molar-refractivity contribution in [2.24, 2.45) is 0 Å². The van der Waals surface area contributed by atoms with Gasteiger partial charge < -0.3 is 20.0 Å². The average Bonchev–Trinajstić information content (AvgIpc) is 2.80. The molecule has 4 nitrogen and oxygen atoms in total. The van der Waals surface area contributed by atoms with Gasteiger partial charge in [-0.25, -0.2) is 8.78 Å². The first-order valence-electron chi connectivity index (χ1n) is 12.5. The third-order valence-electron chi connectivity index (χ3n) is 6.42. The van der Waals surface area contributed by atoms with Crippen LogP contribution in [0.2, 0.25) is 0 Å². The molecular weight excluding hydrogens is 450 g/mol. The highest BCUT2D eigenvalue weighted by Crippen LogP contribution is 2.28. The highest BCUT2D eigenvalue weighted by atomic mass is 32.1. The van der Waals surface area contributed by atoms with Gasteiger partial charge in [0.25, 0.3) is 0 Å². The monoisotopic (exact) mass is 488 g/mol. The molecule has 2 aromatic rings. The van der Waals surface area contributed by atoms with E-state index < -0.39 is 11.6 Å². The number of fused-ring (bicyclic) bond motifs is 1. The van der Waals surface area contributed by atoms with E-state index in [4.69, 9.17) is 12.2 Å². The van der Waals surface area contributed by atoms with Crippen molar-refractivity contribution < 1.29 is 8.78 Å². The molecule has 0 aromatic heterocycles. The Kier molecular flexibility index (Phi) is 10.1. The van der Waals surface area contributed by atoms with Crippen molar-refractivity contribution in [3.8, 4) is 0 Å². The lowest BCUT2D eigenvalue weighted by molar-refractivity contribution is 0.281. The Morgan fingerprint density at radius 3 is 2.44 bits per heavy atom. The van der Waals surface area contributed by atoms with Gasteiger partial charge in [0.15, 0.2) is 5.11 Å². The molecule has 3 rings (SSSR count). The predicted molar refractivity (Wildman–Crippen MR) is 143 cm³/mol. The second-order valence-electron chi connectivity index (χ2n) is 8.94. The molecule has 0 fully saturated rings. The highest BCUT2D eigenvalue weighted by Gasteiger charge is 2.18. The Morgan fingerprint density at radius 2 is 1.76 bits per heavy atom. The largest absolute Gasteiger partial charge is 0.371 e. The van der Waals surface area contributed by atoms with Crippen molar-refractivity contribution in [2.75, 3.05) is 49.5 Å². The number of aryl methyl sites for hydroxylation is 1. The molecule has 34 heavy (non-hydrogen) atoms. The van der Waals surface area contributed by atoms with Gasteiger partial charge in [0.1, 0.15) is 11.6 Å². The van der Waals surface area contributed by atoms with Gasteiger partial charge in [-0.05, 0) is 86.9 Å². The van der Waals surface area contributed by atoms with Crippen LogP contribution < -0.4 is 10.2 Å². The van der Waals surface area contributed by atoms with E-state index in [9.17, 15) is 8.78 Å². The molecule has 186 valence electrons. The van der Waals surface area contributed by atoms with Gasteiger partial charge in [-0.3, -0.25) is 0 Å². The fourth-order valence-corrected chi connectivity index (χ4v) is 4.93. The van der Waals surface area contributed by atoms with Crippen LogP contribution in [0.15, 0.2) is 36.4 Å². The number of nitrogens with one attached hydrogen (secondary N) is 1. The van der Waals surface area contributed by atoms with Crippen LogP contribution in [-0.4, -0.2) is 54.2 Å². The minimum absolute atomic E-state index is 0.330. The lowest BCUT2D eigenvalue weighted by Crippen LogP contribution is -2.37. The van der Waals surface area contributed by atoms with Crippen molar-refractivity contribution in [3.05, 3.63) is 59.2 Å². The molecule has 2 aromatic carbocycles. The zero-order valence-electron chi connectivity index (χ0n) is 20.7. The molecule has 1 aliphatic heterocycles. The van der Waals surface area contributed by atoms with Gasteiger partial charge in [0.2, 0.25) is 0 Å². The molecule has 0 radical (unpaired) electrons. The standard InChI is InChI=1S/C27H38F2N4S/c1-4-12-32-14-7-9-22-16-21(10-11-26(22)32)20-33(15-8-13-31(5-2)6-3)27(34)30-25-18-23(28)17-24(29)19-25/h10-11,16-19H,4-9,12-15,20H2,1-3H3,(H,30,34). The molecular formula is C27H38F2N4S. The number of anilines is 2. The molecule has 0 atom stereocenters. The third-order valence-corrected chi connectivity index (χ3v) is 6.78. The van der Waals surface area contributed by atoms with Crippen molar-refractivity contribution in [3.63, 3.8) is 0 Å². The minimum Gasteiger partial charge on any atom is -0.371 e. The van der Waals surface area contributed by atoms with Crippen molar-refractivity contribution in [2.45, 2.75) is 53.0 Å². The Bertz CT molecular complexity index is 928. The van der Waals surface area contributed by atoms with Crippen LogP contribution in [0.5, 0.6) is 0 Å². The number of hydrogen-bond donors (Lipinski definition) is 1. The molecule has 0 unspecified atom stereocenters. The van der Waals surface area contributed by atoms with E-state index in [2.05, 4.69) is 59.0 Å². The quantitative estimate of drug-likeness (QED) is 0.387. The Hall–Kier alpha value is -2.25. The van der Waals surface area contributed by atoms with Crippen molar-refractivity contribution in [1.29, 1.82) is 0 Å². The van der Waals surface area contributed by atoms with Crippen LogP contribution in [0, 0.1) is 11.6 Å². The van der Waals surface area contributed by atoms with E-state index in [-0.39, 0.29) is 0 Å². The maximum atomic E-state index is 13.7. The SMILES string of the molecule is CCCN1CCCc2cc(CN(CCCN(CC)CC)C(=S)Nc3cc(F)cc(F)c3)ccc21. The average molecular weight is 489 g/mol. The first-order valence-corrected chi connectivity index (χ1v) is 12.9. The lowest BCUT2D eigenvalue weighted by Gasteiger charge is -2.32. The summed E-state index contributed by atoms with van der Waals surface area (Å²) in [5, 5.41) is 3.53. The van der Waals surface area contributed by atoms with Crippen LogP contribution in [-0.2, 0) is 13.0 Å². The molecule has 1 aliphatic rings. The number of benzene rings is 2. The zero-order chi connectivity index (χ0) is 24.5. The lowest BCUT2D eigenvalue weighted by atomic mass is 9.98. The number of nitrogens with zero attached hydrogens (tertiary/aromatic N) is 3. The number of rotatable bonds is 11. The summed E-state index contributed by atoms with van der Waals surface area (Å²) < 4.78 is 27.4. The van der Waals surface area contributed by atoms with Gasteiger partial charge in [-0.15, -0.1) is 0 Å². The molecule has 0 saturated carbocycles. The molecule has 0 amide bonds. The van der Waals surface area contributed by atoms with E-state index in [0.29, 0.717) is 17.3 Å². The fourth-order valence-electron chi connectivity index (χ4n) is 4.66. The van der Waals surface area contributed by atoms with Gasteiger partial charge in [-0.2, -0.15) is 0 Å². The summed E-state index contributed by atoms with van der Waals surface area (Å²) in [6.07, 6.45) is 4.37. The minimum atomic E-state index is -0.621. The van der Waals surface area contributed by atoms with Crippen LogP contribution >= 0.6 is 12.2 Å². The van der Waals surface area contributed by atoms with Crippen LogP contribution in [0.3, 0.4) is 0 Å². The normalized spacial score (nSPS) is 13.2. The summed E-state index contributed by atoms with van der Waals surface area (Å²) in [7, 11) is 0. The van der Waals surface area contributed by atoms with Gasteiger partial charge in [0.05, 0.1) is 0 Å². The molecule has 7 heteroatoms. The zero-order valence-corrected chi connectivity index (χ0v) is 21.6. The fraction of sp³-hybridized carbons (Fsp3) is 0.519. The van der Waals surface area contributed by atoms with Crippen molar-refractivity contribution >= 4 is 28.7 Å². The topological polar surface area (TPSA) is 21.8 Å². The van der Waals surface area contributed by atoms with Gasteiger partial charge in [-0.1, -0.05) is 32.9 Å². The second-order valence-corrected chi connectivity index (χ2v) is 9.33. The smallest absolute Gasteiger partial charge is 0.173 e. The molecule has 0 saturated heterocycles. The van der Waals surface area contributed by atoms with Crippen molar-refractivity contribution in [1.82, 2.24) is 9.80 Å². The first-order chi connectivity index (χ1) is 16.4. The van der Waals surface area contributed by atoms with E-state index in [1.807, 2.05) is 0 Å². The van der Waals surface area contributed by atoms with E-state index >= 15 is 0 Å². The number of thiocarbonyl (C=S) groups is 1. The number of hydrogen-bond acceptors (Lipinski definition) is 3. The number of halogens is 2. The van der Waals surface area contributed by atoms with Crippen LogP contribution in [0.25, 0.3) is 0 Å². The first kappa shape index (κ1) is 26.4. The molecule has 1 heterocycles. The Balaban J connectivity index is 1.75. The van der Waals surface area contributed by atoms with Gasteiger partial charge in [0, 0.05) is 43.6 Å². The van der Waals surface area contributed by atoms with E-state index in [1.165, 1.54) is 35.4 Å². The summed E-state index contributed by atoms with van der Waals surface area (Å²) in [5.74, 6) is -1.24.